The van der Waals surface area contributed by atoms with Crippen LogP contribution >= 0.6 is 7.92 Å². The molecule has 146 valence electrons. The Labute approximate surface area is 170 Å². The molecule has 8 heteroatoms. The number of nitrogen functional groups attached to an aromatic ring is 1. The summed E-state index contributed by atoms with van der Waals surface area (Å²) in [7, 11) is -0.191. The third-order valence-electron chi connectivity index (χ3n) is 4.60. The molecule has 0 spiro atoms. The average molecular weight is 403 g/mol. The van der Waals surface area contributed by atoms with Gasteiger partial charge in [-0.05, 0) is 48.5 Å². The Hall–Kier alpha value is -3.15. The lowest BCUT2D eigenvalue weighted by Crippen LogP contribution is -2.32. The minimum Gasteiger partial charge on any atom is -0.381 e. The fraction of sp³-hybridized carbons (Fsp3) is 0.143. The molecule has 0 unspecified atom stereocenters. The Balaban J connectivity index is 1.60. The lowest BCUT2D eigenvalue weighted by Gasteiger charge is -2.19. The molecule has 0 saturated heterocycles. The van der Waals surface area contributed by atoms with Crippen molar-refractivity contribution >= 4 is 35.8 Å². The number of nitrogens with zero attached hydrogens (tertiary/aromatic N) is 5. The second kappa shape index (κ2) is 8.07. The normalized spacial score (nSPS) is 11.2. The molecule has 0 radical (unpaired) electrons. The number of benzene rings is 1. The quantitative estimate of drug-likeness (QED) is 0.300. The van der Waals surface area contributed by atoms with Crippen molar-refractivity contribution in [2.24, 2.45) is 5.84 Å². The van der Waals surface area contributed by atoms with Crippen molar-refractivity contribution in [2.45, 2.75) is 6.54 Å². The molecular weight excluding hydrogens is 381 g/mol. The van der Waals surface area contributed by atoms with E-state index < -0.39 is 0 Å². The number of pyridine rings is 2. The zero-order valence-corrected chi connectivity index (χ0v) is 17.2. The molecule has 3 heterocycles. The van der Waals surface area contributed by atoms with Crippen LogP contribution in [0.1, 0.15) is 5.56 Å². The third kappa shape index (κ3) is 4.16. The van der Waals surface area contributed by atoms with E-state index in [1.165, 1.54) is 10.3 Å². The number of anilines is 2. The summed E-state index contributed by atoms with van der Waals surface area (Å²) >= 11 is 0. The van der Waals surface area contributed by atoms with Crippen molar-refractivity contribution in [3.05, 3.63) is 66.6 Å². The monoisotopic (exact) mass is 403 g/mol. The van der Waals surface area contributed by atoms with Gasteiger partial charge >= 0.3 is 0 Å². The first-order valence-corrected chi connectivity index (χ1v) is 11.4. The van der Waals surface area contributed by atoms with E-state index in [9.17, 15) is 0 Å². The summed E-state index contributed by atoms with van der Waals surface area (Å²) in [4.78, 5) is 17.8. The summed E-state index contributed by atoms with van der Waals surface area (Å²) in [6, 6.07) is 14.0. The molecule has 0 aliphatic carbocycles. The Kier molecular flexibility index (Phi) is 5.34. The second-order valence-corrected chi connectivity index (χ2v) is 9.22. The Morgan fingerprint density at radius 3 is 2.59 bits per heavy atom. The van der Waals surface area contributed by atoms with Crippen LogP contribution in [-0.4, -0.2) is 33.3 Å². The van der Waals surface area contributed by atoms with E-state index in [-0.39, 0.29) is 13.7 Å². The second-order valence-electron chi connectivity index (χ2n) is 6.92. The van der Waals surface area contributed by atoms with Crippen LogP contribution in [0.2, 0.25) is 0 Å². The summed E-state index contributed by atoms with van der Waals surface area (Å²) in [6.45, 7) is 4.83. The van der Waals surface area contributed by atoms with Gasteiger partial charge < -0.3 is 5.73 Å². The van der Waals surface area contributed by atoms with Gasteiger partial charge in [0.15, 0.2) is 11.6 Å². The van der Waals surface area contributed by atoms with E-state index >= 15 is 0 Å². The van der Waals surface area contributed by atoms with E-state index in [4.69, 9.17) is 11.6 Å². The molecule has 0 saturated carbocycles. The zero-order valence-electron chi connectivity index (χ0n) is 16.3. The molecular formula is C21H22N7P. The lowest BCUT2D eigenvalue weighted by molar-refractivity contribution is 0.831. The van der Waals surface area contributed by atoms with Crippen molar-refractivity contribution in [1.82, 2.24) is 19.9 Å². The molecule has 4 N–H and O–H groups in total. The molecule has 0 aliphatic rings. The van der Waals surface area contributed by atoms with Gasteiger partial charge in [-0.3, -0.25) is 15.0 Å². The van der Waals surface area contributed by atoms with Gasteiger partial charge in [-0.15, -0.1) is 0 Å². The first-order chi connectivity index (χ1) is 14.0. The largest absolute Gasteiger partial charge is 0.381 e. The van der Waals surface area contributed by atoms with Crippen molar-refractivity contribution in [1.29, 1.82) is 0 Å². The molecule has 3 aromatic heterocycles. The number of rotatable bonds is 5. The maximum Gasteiger partial charge on any atom is 0.186 e. The van der Waals surface area contributed by atoms with E-state index in [0.717, 1.165) is 22.2 Å². The van der Waals surface area contributed by atoms with Gasteiger partial charge in [0.05, 0.1) is 24.0 Å². The molecule has 0 aliphatic heterocycles. The smallest absolute Gasteiger partial charge is 0.186 e. The predicted molar refractivity (Wildman–Crippen MR) is 120 cm³/mol. The first-order valence-electron chi connectivity index (χ1n) is 9.13. The molecule has 1 aromatic carbocycles. The van der Waals surface area contributed by atoms with Crippen LogP contribution in [0, 0.1) is 0 Å². The molecule has 0 bridgehead atoms. The van der Waals surface area contributed by atoms with Crippen molar-refractivity contribution < 1.29 is 0 Å². The maximum atomic E-state index is 6.30. The first kappa shape index (κ1) is 19.2. The highest BCUT2D eigenvalue weighted by Gasteiger charge is 2.13. The van der Waals surface area contributed by atoms with Gasteiger partial charge in [-0.1, -0.05) is 26.1 Å². The summed E-state index contributed by atoms with van der Waals surface area (Å²) in [5.41, 5.74) is 9.40. The highest BCUT2D eigenvalue weighted by atomic mass is 31.1. The Bertz CT molecular complexity index is 1150. The van der Waals surface area contributed by atoms with Gasteiger partial charge in [-0.25, -0.2) is 15.8 Å². The minimum absolute atomic E-state index is 0.191. The van der Waals surface area contributed by atoms with Crippen molar-refractivity contribution in [3.63, 3.8) is 0 Å². The van der Waals surface area contributed by atoms with Crippen molar-refractivity contribution in [3.8, 4) is 11.4 Å². The number of hydrogen-bond donors (Lipinski definition) is 2. The Morgan fingerprint density at radius 1 is 0.966 bits per heavy atom. The van der Waals surface area contributed by atoms with Crippen LogP contribution in [-0.2, 0) is 6.54 Å². The molecule has 7 nitrogen and oxygen atoms in total. The molecule has 29 heavy (non-hydrogen) atoms. The molecule has 0 fully saturated rings. The van der Waals surface area contributed by atoms with Crippen LogP contribution in [0.4, 0.5) is 11.6 Å². The molecule has 0 amide bonds. The van der Waals surface area contributed by atoms with Crippen LogP contribution < -0.4 is 21.9 Å². The van der Waals surface area contributed by atoms with E-state index in [2.05, 4.69) is 45.4 Å². The average Bonchev–Trinajstić information content (AvgIpc) is 2.74. The highest BCUT2D eigenvalue weighted by Crippen LogP contribution is 2.26. The van der Waals surface area contributed by atoms with Crippen LogP contribution in [0.5, 0.6) is 0 Å². The fourth-order valence-electron chi connectivity index (χ4n) is 3.02. The summed E-state index contributed by atoms with van der Waals surface area (Å²) < 4.78 is 0. The van der Waals surface area contributed by atoms with Crippen LogP contribution in [0.25, 0.3) is 22.3 Å². The number of hydrogen-bond acceptors (Lipinski definition) is 7. The van der Waals surface area contributed by atoms with E-state index in [0.29, 0.717) is 18.1 Å². The van der Waals surface area contributed by atoms with Crippen molar-refractivity contribution in [2.75, 3.05) is 24.1 Å². The lowest BCUT2D eigenvalue weighted by atomic mass is 10.1. The minimum atomic E-state index is -0.191. The van der Waals surface area contributed by atoms with E-state index in [1.54, 1.807) is 12.4 Å². The van der Waals surface area contributed by atoms with E-state index in [1.807, 2.05) is 36.5 Å². The predicted octanol–water partition coefficient (Wildman–Crippen LogP) is 2.92. The molecule has 4 aromatic rings. The van der Waals surface area contributed by atoms with Gasteiger partial charge in [0.25, 0.3) is 0 Å². The summed E-state index contributed by atoms with van der Waals surface area (Å²) in [5, 5.41) is 3.80. The summed E-state index contributed by atoms with van der Waals surface area (Å²) in [5.74, 6) is 7.00. The summed E-state index contributed by atoms with van der Waals surface area (Å²) in [6.07, 6.45) is 5.29. The van der Waals surface area contributed by atoms with Gasteiger partial charge in [0.1, 0.15) is 5.69 Å². The third-order valence-corrected chi connectivity index (χ3v) is 5.90. The standard InChI is InChI=1S/C21H22N7P/c1-29(2)16-6-8-18(25-11-16)19-12-26-20(22)21(27-19)28(23)13-14-5-7-17-15(10-14)4-3-9-24-17/h3-12H,13,23H2,1-2H3,(H2,22,26). The number of hydrazine groups is 1. The van der Waals surface area contributed by atoms with Gasteiger partial charge in [-0.2, -0.15) is 0 Å². The van der Waals surface area contributed by atoms with Gasteiger partial charge in [0, 0.05) is 17.8 Å². The SMILES string of the molecule is CP(C)c1ccc(-c2cnc(N)c(N(N)Cc3ccc4ncccc4c3)n2)nc1. The molecule has 0 atom stereocenters. The van der Waals surface area contributed by atoms with Gasteiger partial charge in [0.2, 0.25) is 0 Å². The van der Waals surface area contributed by atoms with Crippen LogP contribution in [0.15, 0.2) is 61.1 Å². The Morgan fingerprint density at radius 2 is 1.83 bits per heavy atom. The number of fused-ring (bicyclic) bond motifs is 1. The fourth-order valence-corrected chi connectivity index (χ4v) is 3.68. The topological polar surface area (TPSA) is 107 Å². The van der Waals surface area contributed by atoms with Crippen LogP contribution in [0.3, 0.4) is 0 Å². The number of nitrogens with two attached hydrogens (primary N) is 2. The molecule has 4 rings (SSSR count). The highest BCUT2D eigenvalue weighted by molar-refractivity contribution is 7.64. The zero-order chi connectivity index (χ0) is 20.4. The maximum absolute atomic E-state index is 6.30. The number of aromatic nitrogens is 4.